The maximum absolute atomic E-state index is 5.32. The number of hydrazine groups is 1. The summed E-state index contributed by atoms with van der Waals surface area (Å²) in [4.78, 5) is 4.84. The minimum absolute atomic E-state index is 0.180. The average molecular weight is 243 g/mol. The zero-order valence-corrected chi connectivity index (χ0v) is 11.0. The molecule has 0 radical (unpaired) electrons. The highest BCUT2D eigenvalue weighted by Gasteiger charge is 2.32. The Balaban J connectivity index is 1.90. The van der Waals surface area contributed by atoms with E-state index in [9.17, 15) is 0 Å². The minimum atomic E-state index is 0.180. The molecule has 0 atom stereocenters. The molecule has 0 aromatic heterocycles. The number of hydrogen-bond acceptors (Lipinski definition) is 5. The number of rotatable bonds is 3. The van der Waals surface area contributed by atoms with E-state index in [0.717, 1.165) is 50.1 Å². The smallest absolute Gasteiger partial charge is 0.171 e. The van der Waals surface area contributed by atoms with E-state index in [0.29, 0.717) is 0 Å². The minimum Gasteiger partial charge on any atom is -0.379 e. The molecule has 0 unspecified atom stereocenters. The maximum Gasteiger partial charge on any atom is 0.171 e. The molecular weight excluding hydrogens is 222 g/mol. The number of nitrogens with zero attached hydrogens (tertiary/aromatic N) is 2. The molecule has 1 fully saturated rings. The van der Waals surface area contributed by atoms with Gasteiger partial charge in [-0.2, -0.15) is 0 Å². The fourth-order valence-electron chi connectivity index (χ4n) is 1.96. The standard InChI is InChI=1S/C11H21N3OS/c1-3-11(4-2)9-16-10(12-11)13-14-5-7-15-8-6-14/h3-9H2,1-2H3,(H,12,13). The summed E-state index contributed by atoms with van der Waals surface area (Å²) in [6.07, 6.45) is 2.26. The van der Waals surface area contributed by atoms with Gasteiger partial charge in [-0.3, -0.25) is 10.4 Å². The van der Waals surface area contributed by atoms with Crippen LogP contribution in [0.25, 0.3) is 0 Å². The van der Waals surface area contributed by atoms with E-state index in [2.05, 4.69) is 24.3 Å². The van der Waals surface area contributed by atoms with E-state index in [-0.39, 0.29) is 5.54 Å². The molecule has 2 aliphatic rings. The lowest BCUT2D eigenvalue weighted by molar-refractivity contribution is 0.0253. The van der Waals surface area contributed by atoms with Crippen molar-refractivity contribution in [2.75, 3.05) is 32.1 Å². The number of aliphatic imine (C=N–C) groups is 1. The summed E-state index contributed by atoms with van der Waals surface area (Å²) in [5, 5.41) is 3.29. The third-order valence-corrected chi connectivity index (χ3v) is 4.54. The Hall–Kier alpha value is -0.260. The van der Waals surface area contributed by atoms with Gasteiger partial charge in [0.1, 0.15) is 0 Å². The molecule has 0 aromatic carbocycles. The molecule has 2 aliphatic heterocycles. The molecule has 0 amide bonds. The van der Waals surface area contributed by atoms with Crippen LogP contribution in [-0.4, -0.2) is 47.8 Å². The first-order valence-corrected chi connectivity index (χ1v) is 7.08. The van der Waals surface area contributed by atoms with Crippen LogP contribution in [0.5, 0.6) is 0 Å². The molecule has 0 saturated carbocycles. The fraction of sp³-hybridized carbons (Fsp3) is 0.909. The zero-order chi connectivity index (χ0) is 11.4. The van der Waals surface area contributed by atoms with Crippen molar-refractivity contribution in [2.24, 2.45) is 4.99 Å². The molecule has 0 aromatic rings. The highest BCUT2D eigenvalue weighted by Crippen LogP contribution is 2.32. The lowest BCUT2D eigenvalue weighted by atomic mass is 9.97. The SMILES string of the molecule is CCC1(CC)CSC(NN2CCOCC2)=N1. The maximum atomic E-state index is 5.32. The van der Waals surface area contributed by atoms with Gasteiger partial charge in [-0.05, 0) is 12.8 Å². The Bertz CT molecular complexity index is 260. The van der Waals surface area contributed by atoms with Crippen molar-refractivity contribution in [3.63, 3.8) is 0 Å². The van der Waals surface area contributed by atoms with Crippen molar-refractivity contribution in [3.8, 4) is 0 Å². The highest BCUT2D eigenvalue weighted by molar-refractivity contribution is 8.14. The Labute approximate surface area is 102 Å². The van der Waals surface area contributed by atoms with E-state index in [4.69, 9.17) is 9.73 Å². The van der Waals surface area contributed by atoms with Crippen molar-refractivity contribution < 1.29 is 4.74 Å². The summed E-state index contributed by atoms with van der Waals surface area (Å²) in [5.74, 6) is 1.12. The number of hydrogen-bond donors (Lipinski definition) is 1. The van der Waals surface area contributed by atoms with Gasteiger partial charge < -0.3 is 4.74 Å². The predicted molar refractivity (Wildman–Crippen MR) is 68.7 cm³/mol. The van der Waals surface area contributed by atoms with Gasteiger partial charge in [0.25, 0.3) is 0 Å². The zero-order valence-electron chi connectivity index (χ0n) is 10.2. The van der Waals surface area contributed by atoms with Crippen LogP contribution in [0.4, 0.5) is 0 Å². The Kier molecular flexibility index (Phi) is 4.10. The van der Waals surface area contributed by atoms with E-state index in [1.165, 1.54) is 0 Å². The van der Waals surface area contributed by atoms with Gasteiger partial charge in [0.15, 0.2) is 5.17 Å². The number of thioether (sulfide) groups is 1. The number of ether oxygens (including phenoxy) is 1. The molecule has 0 aliphatic carbocycles. The predicted octanol–water partition coefficient (Wildman–Crippen LogP) is 1.48. The molecule has 92 valence electrons. The second-order valence-corrected chi connectivity index (χ2v) is 5.31. The van der Waals surface area contributed by atoms with E-state index >= 15 is 0 Å². The van der Waals surface area contributed by atoms with Crippen molar-refractivity contribution in [1.29, 1.82) is 0 Å². The van der Waals surface area contributed by atoms with Crippen LogP contribution in [0.1, 0.15) is 26.7 Å². The summed E-state index contributed by atoms with van der Waals surface area (Å²) in [5.41, 5.74) is 3.59. The first kappa shape index (κ1) is 12.2. The van der Waals surface area contributed by atoms with E-state index in [1.807, 2.05) is 11.8 Å². The molecule has 4 nitrogen and oxygen atoms in total. The summed E-state index contributed by atoms with van der Waals surface area (Å²) < 4.78 is 5.32. The molecule has 1 saturated heterocycles. The van der Waals surface area contributed by atoms with Crippen LogP contribution in [0.15, 0.2) is 4.99 Å². The lowest BCUT2D eigenvalue weighted by Gasteiger charge is -2.27. The first-order valence-electron chi connectivity index (χ1n) is 6.10. The molecule has 1 N–H and O–H groups in total. The van der Waals surface area contributed by atoms with Gasteiger partial charge >= 0.3 is 0 Å². The van der Waals surface area contributed by atoms with Crippen LogP contribution in [0, 0.1) is 0 Å². The van der Waals surface area contributed by atoms with Gasteiger partial charge in [0, 0.05) is 18.8 Å². The summed E-state index contributed by atoms with van der Waals surface area (Å²) >= 11 is 1.85. The Morgan fingerprint density at radius 3 is 2.62 bits per heavy atom. The van der Waals surface area contributed by atoms with Crippen molar-refractivity contribution in [2.45, 2.75) is 32.2 Å². The second-order valence-electron chi connectivity index (χ2n) is 4.35. The van der Waals surface area contributed by atoms with E-state index < -0.39 is 0 Å². The number of amidine groups is 1. The average Bonchev–Trinajstić information content (AvgIpc) is 2.75. The first-order chi connectivity index (χ1) is 7.78. The Morgan fingerprint density at radius 2 is 2.06 bits per heavy atom. The van der Waals surface area contributed by atoms with Gasteiger partial charge in [-0.1, -0.05) is 25.6 Å². The Morgan fingerprint density at radius 1 is 1.38 bits per heavy atom. The van der Waals surface area contributed by atoms with Crippen LogP contribution >= 0.6 is 11.8 Å². The van der Waals surface area contributed by atoms with Crippen LogP contribution < -0.4 is 5.43 Å². The van der Waals surface area contributed by atoms with Crippen molar-refractivity contribution in [1.82, 2.24) is 10.4 Å². The van der Waals surface area contributed by atoms with Gasteiger partial charge in [0.2, 0.25) is 0 Å². The quantitative estimate of drug-likeness (QED) is 0.815. The molecule has 2 heterocycles. The van der Waals surface area contributed by atoms with Crippen LogP contribution in [0.2, 0.25) is 0 Å². The molecule has 0 spiro atoms. The van der Waals surface area contributed by atoms with Crippen molar-refractivity contribution >= 4 is 16.9 Å². The summed E-state index contributed by atoms with van der Waals surface area (Å²) in [6.45, 7) is 7.99. The van der Waals surface area contributed by atoms with Gasteiger partial charge in [-0.25, -0.2) is 5.01 Å². The van der Waals surface area contributed by atoms with Gasteiger partial charge in [-0.15, -0.1) is 0 Å². The lowest BCUT2D eigenvalue weighted by Crippen LogP contribution is -2.47. The highest BCUT2D eigenvalue weighted by atomic mass is 32.2. The monoisotopic (exact) mass is 243 g/mol. The molecule has 0 bridgehead atoms. The normalized spacial score (nSPS) is 25.5. The molecule has 16 heavy (non-hydrogen) atoms. The van der Waals surface area contributed by atoms with Crippen molar-refractivity contribution in [3.05, 3.63) is 0 Å². The summed E-state index contributed by atoms with van der Waals surface area (Å²) in [6, 6.07) is 0. The molecule has 5 heteroatoms. The second kappa shape index (κ2) is 5.38. The largest absolute Gasteiger partial charge is 0.379 e. The molecular formula is C11H21N3OS. The molecule has 2 rings (SSSR count). The topological polar surface area (TPSA) is 36.9 Å². The third-order valence-electron chi connectivity index (χ3n) is 3.40. The van der Waals surface area contributed by atoms with Crippen LogP contribution in [-0.2, 0) is 4.74 Å². The van der Waals surface area contributed by atoms with E-state index in [1.54, 1.807) is 0 Å². The third kappa shape index (κ3) is 2.70. The number of morpholine rings is 1. The number of nitrogens with one attached hydrogen (secondary N) is 1. The van der Waals surface area contributed by atoms with Gasteiger partial charge in [0.05, 0.1) is 18.8 Å². The summed E-state index contributed by atoms with van der Waals surface area (Å²) in [7, 11) is 0. The fourth-order valence-corrected chi connectivity index (χ4v) is 3.29. The van der Waals surface area contributed by atoms with Crippen LogP contribution in [0.3, 0.4) is 0 Å².